The molecule has 0 spiro atoms. The van der Waals surface area contributed by atoms with Gasteiger partial charge in [0.1, 0.15) is 31.0 Å². The summed E-state index contributed by atoms with van der Waals surface area (Å²) in [5.74, 6) is -0.847. The summed E-state index contributed by atoms with van der Waals surface area (Å²) in [6.45, 7) is 3.42. The number of ether oxygens (including phenoxy) is 4. The lowest BCUT2D eigenvalue weighted by Crippen LogP contribution is -2.59. The first-order chi connectivity index (χ1) is 29.8. The molecule has 1 aliphatic heterocycles. The molecule has 10 nitrogen and oxygen atoms in total. The first-order valence-electron chi connectivity index (χ1n) is 25.4. The van der Waals surface area contributed by atoms with Crippen molar-refractivity contribution >= 4 is 11.9 Å². The zero-order valence-electron chi connectivity index (χ0n) is 39.2. The van der Waals surface area contributed by atoms with Crippen LogP contribution in [0.2, 0.25) is 0 Å². The molecule has 6 atom stereocenters. The van der Waals surface area contributed by atoms with Gasteiger partial charge in [-0.3, -0.25) is 9.59 Å². The Balaban J connectivity index is 2.29. The highest BCUT2D eigenvalue weighted by Gasteiger charge is 2.44. The van der Waals surface area contributed by atoms with E-state index in [0.29, 0.717) is 12.8 Å². The molecule has 1 aliphatic rings. The van der Waals surface area contributed by atoms with Gasteiger partial charge in [0.05, 0.1) is 13.2 Å². The molecule has 0 bridgehead atoms. The van der Waals surface area contributed by atoms with Crippen molar-refractivity contribution in [3.8, 4) is 0 Å². The summed E-state index contributed by atoms with van der Waals surface area (Å²) in [5, 5.41) is 40.2. The van der Waals surface area contributed by atoms with E-state index in [2.05, 4.69) is 38.2 Å². The number of allylic oxidation sites excluding steroid dienone is 4. The number of unbranched alkanes of at least 4 members (excludes halogenated alkanes) is 28. The van der Waals surface area contributed by atoms with Crippen molar-refractivity contribution in [3.05, 3.63) is 24.3 Å². The van der Waals surface area contributed by atoms with Gasteiger partial charge in [-0.25, -0.2) is 0 Å². The Morgan fingerprint density at radius 3 is 1.41 bits per heavy atom. The third-order valence-corrected chi connectivity index (χ3v) is 11.8. The zero-order valence-corrected chi connectivity index (χ0v) is 39.2. The molecule has 0 aliphatic carbocycles. The fourth-order valence-corrected chi connectivity index (χ4v) is 7.82. The van der Waals surface area contributed by atoms with Crippen LogP contribution in [-0.4, -0.2) is 89.0 Å². The van der Waals surface area contributed by atoms with E-state index < -0.39 is 55.4 Å². The third kappa shape index (κ3) is 33.4. The highest BCUT2D eigenvalue weighted by Crippen LogP contribution is 2.23. The average molecular weight is 867 g/mol. The van der Waals surface area contributed by atoms with Gasteiger partial charge < -0.3 is 39.4 Å². The largest absolute Gasteiger partial charge is 0.462 e. The highest BCUT2D eigenvalue weighted by atomic mass is 16.7. The zero-order chi connectivity index (χ0) is 44.4. The molecule has 4 N–H and O–H groups in total. The van der Waals surface area contributed by atoms with E-state index in [4.69, 9.17) is 18.9 Å². The molecular weight excluding hydrogens is 773 g/mol. The van der Waals surface area contributed by atoms with Crippen LogP contribution in [-0.2, 0) is 28.5 Å². The van der Waals surface area contributed by atoms with E-state index in [9.17, 15) is 30.0 Å². The van der Waals surface area contributed by atoms with E-state index in [1.54, 1.807) is 0 Å². The van der Waals surface area contributed by atoms with Crippen LogP contribution in [0.15, 0.2) is 24.3 Å². The Hall–Kier alpha value is -1.82. The van der Waals surface area contributed by atoms with Gasteiger partial charge in [0.15, 0.2) is 12.4 Å². The van der Waals surface area contributed by atoms with Crippen LogP contribution in [0.3, 0.4) is 0 Å². The molecule has 1 fully saturated rings. The molecule has 0 amide bonds. The monoisotopic (exact) mass is 867 g/mol. The molecule has 1 saturated heterocycles. The van der Waals surface area contributed by atoms with Crippen LogP contribution in [0, 0.1) is 0 Å². The number of aliphatic hydroxyl groups excluding tert-OH is 4. The fourth-order valence-electron chi connectivity index (χ4n) is 7.82. The lowest BCUT2D eigenvalue weighted by Gasteiger charge is -2.39. The second kappa shape index (κ2) is 42.1. The quantitative estimate of drug-likeness (QED) is 0.0265. The summed E-state index contributed by atoms with van der Waals surface area (Å²) in [4.78, 5) is 25.4. The summed E-state index contributed by atoms with van der Waals surface area (Å²) < 4.78 is 22.2. The van der Waals surface area contributed by atoms with Crippen LogP contribution in [0.4, 0.5) is 0 Å². The van der Waals surface area contributed by atoms with Crippen molar-refractivity contribution in [2.24, 2.45) is 0 Å². The van der Waals surface area contributed by atoms with E-state index in [-0.39, 0.29) is 26.1 Å². The molecule has 2 unspecified atom stereocenters. The molecule has 0 aromatic heterocycles. The molecular formula is C51H94O10. The first-order valence-corrected chi connectivity index (χ1v) is 25.4. The van der Waals surface area contributed by atoms with Crippen molar-refractivity contribution in [3.63, 3.8) is 0 Å². The predicted octanol–water partition coefficient (Wildman–Crippen LogP) is 11.7. The smallest absolute Gasteiger partial charge is 0.306 e. The molecule has 0 aromatic carbocycles. The van der Waals surface area contributed by atoms with Crippen LogP contribution in [0.1, 0.15) is 232 Å². The van der Waals surface area contributed by atoms with Crippen LogP contribution in [0.25, 0.3) is 0 Å². The molecule has 10 heteroatoms. The summed E-state index contributed by atoms with van der Waals surface area (Å²) in [7, 11) is 0. The Kier molecular flexibility index (Phi) is 39.5. The third-order valence-electron chi connectivity index (χ3n) is 11.8. The number of aliphatic hydroxyl groups is 4. The fraction of sp³-hybridized carbons (Fsp3) is 0.882. The van der Waals surface area contributed by atoms with Crippen LogP contribution >= 0.6 is 0 Å². The number of esters is 2. The number of carbonyl (C=O) groups excluding carboxylic acids is 2. The number of carbonyl (C=O) groups is 2. The molecule has 1 heterocycles. The van der Waals surface area contributed by atoms with Crippen LogP contribution < -0.4 is 0 Å². The topological polar surface area (TPSA) is 152 Å². The Morgan fingerprint density at radius 1 is 0.508 bits per heavy atom. The normalized spacial score (nSPS) is 19.9. The maximum atomic E-state index is 12.8. The minimum Gasteiger partial charge on any atom is -0.462 e. The minimum atomic E-state index is -1.60. The lowest BCUT2D eigenvalue weighted by atomic mass is 9.99. The Morgan fingerprint density at radius 2 is 0.934 bits per heavy atom. The SMILES string of the molecule is CCCCCCCCCCC/C=C/C/C=C/CCCC(=O)OC[C@H](CO[C@@H]1O[C@H](CO)[C@H](O)C(O)C1O)OC(=O)CCCCCCCCCCCCCCCCCCCCC. The summed E-state index contributed by atoms with van der Waals surface area (Å²) >= 11 is 0. The first kappa shape index (κ1) is 57.2. The van der Waals surface area contributed by atoms with E-state index in [1.807, 2.05) is 0 Å². The minimum absolute atomic E-state index is 0.215. The van der Waals surface area contributed by atoms with Crippen molar-refractivity contribution in [2.75, 3.05) is 19.8 Å². The van der Waals surface area contributed by atoms with Gasteiger partial charge in [0.25, 0.3) is 0 Å². The van der Waals surface area contributed by atoms with E-state index >= 15 is 0 Å². The molecule has 0 radical (unpaired) electrons. The lowest BCUT2D eigenvalue weighted by molar-refractivity contribution is -0.305. The molecule has 358 valence electrons. The molecule has 1 rings (SSSR count). The van der Waals surface area contributed by atoms with Crippen molar-refractivity contribution in [2.45, 2.75) is 269 Å². The summed E-state index contributed by atoms with van der Waals surface area (Å²) in [5.41, 5.74) is 0. The number of hydrogen-bond donors (Lipinski definition) is 4. The maximum Gasteiger partial charge on any atom is 0.306 e. The van der Waals surface area contributed by atoms with Gasteiger partial charge in [-0.1, -0.05) is 205 Å². The Labute approximate surface area is 373 Å². The number of hydrogen-bond acceptors (Lipinski definition) is 10. The van der Waals surface area contributed by atoms with Crippen molar-refractivity contribution in [1.82, 2.24) is 0 Å². The van der Waals surface area contributed by atoms with Gasteiger partial charge in [0.2, 0.25) is 0 Å². The van der Waals surface area contributed by atoms with Crippen LogP contribution in [0.5, 0.6) is 0 Å². The molecule has 0 saturated carbocycles. The summed E-state index contributed by atoms with van der Waals surface area (Å²) in [6.07, 6.45) is 40.5. The number of rotatable bonds is 43. The molecule has 0 aromatic rings. The predicted molar refractivity (Wildman–Crippen MR) is 247 cm³/mol. The average Bonchev–Trinajstić information content (AvgIpc) is 3.26. The summed E-state index contributed by atoms with van der Waals surface area (Å²) in [6, 6.07) is 0. The van der Waals surface area contributed by atoms with Gasteiger partial charge in [0, 0.05) is 12.8 Å². The maximum absolute atomic E-state index is 12.8. The second-order valence-electron chi connectivity index (χ2n) is 17.6. The van der Waals surface area contributed by atoms with Crippen molar-refractivity contribution < 1.29 is 49.0 Å². The second-order valence-corrected chi connectivity index (χ2v) is 17.6. The van der Waals surface area contributed by atoms with Gasteiger partial charge >= 0.3 is 11.9 Å². The van der Waals surface area contributed by atoms with Gasteiger partial charge in [-0.15, -0.1) is 0 Å². The van der Waals surface area contributed by atoms with E-state index in [0.717, 1.165) is 38.5 Å². The highest BCUT2D eigenvalue weighted by molar-refractivity contribution is 5.70. The van der Waals surface area contributed by atoms with E-state index in [1.165, 1.54) is 154 Å². The van der Waals surface area contributed by atoms with Gasteiger partial charge in [-0.2, -0.15) is 0 Å². The molecule has 61 heavy (non-hydrogen) atoms. The van der Waals surface area contributed by atoms with Crippen molar-refractivity contribution in [1.29, 1.82) is 0 Å². The van der Waals surface area contributed by atoms with Gasteiger partial charge in [-0.05, 0) is 38.5 Å². The Bertz CT molecular complexity index is 1050. The standard InChI is InChI=1S/C51H94O10/c1-3-5-7-9-11-13-15-17-19-21-22-24-26-28-30-32-34-36-38-40-47(54)60-44(43-59-51-50(57)49(56)48(55)45(41-52)61-51)42-58-46(53)39-37-35-33-31-29-27-25-23-20-18-16-14-12-10-8-6-4-2/h25,27,31,33,44-45,48-52,55-57H,3-24,26,28-30,32,34-43H2,1-2H3/b27-25+,33-31+/t44-,45-,48+,49?,50?,51-/m1/s1.